The summed E-state index contributed by atoms with van der Waals surface area (Å²) < 4.78 is 11.3. The number of hydrogen-bond acceptors (Lipinski definition) is 3. The van der Waals surface area contributed by atoms with E-state index in [1.807, 2.05) is 35.2 Å². The molecule has 4 heteroatoms. The molecule has 3 atom stereocenters. The summed E-state index contributed by atoms with van der Waals surface area (Å²) >= 11 is 0. The molecule has 1 aromatic heterocycles. The van der Waals surface area contributed by atoms with Crippen molar-refractivity contribution in [3.05, 3.63) is 60.1 Å². The first-order chi connectivity index (χ1) is 11.3. The average molecular weight is 311 g/mol. The highest BCUT2D eigenvalue weighted by atomic mass is 16.5. The predicted octanol–water partition coefficient (Wildman–Crippen LogP) is 3.38. The topological polar surface area (TPSA) is 42.7 Å². The second-order valence-corrected chi connectivity index (χ2v) is 6.48. The number of nitrogens with zero attached hydrogens (tertiary/aromatic N) is 1. The van der Waals surface area contributed by atoms with Gasteiger partial charge in [0.25, 0.3) is 0 Å². The first-order valence-electron chi connectivity index (χ1n) is 8.30. The summed E-state index contributed by atoms with van der Waals surface area (Å²) in [6.07, 6.45) is 5.04. The van der Waals surface area contributed by atoms with Crippen molar-refractivity contribution in [3.63, 3.8) is 0 Å². The van der Waals surface area contributed by atoms with Crippen molar-refractivity contribution in [2.45, 2.75) is 44.6 Å². The van der Waals surface area contributed by atoms with Crippen LogP contribution in [0.4, 0.5) is 0 Å². The van der Waals surface area contributed by atoms with Crippen molar-refractivity contribution in [1.29, 1.82) is 0 Å². The second-order valence-electron chi connectivity index (χ2n) is 6.48. The molecule has 0 aliphatic carbocycles. The highest BCUT2D eigenvalue weighted by molar-refractivity contribution is 5.80. The maximum Gasteiger partial charge on any atom is 0.229 e. The third-order valence-electron chi connectivity index (χ3n) is 4.88. The Morgan fingerprint density at radius 1 is 1.09 bits per heavy atom. The molecule has 0 N–H and O–H groups in total. The van der Waals surface area contributed by atoms with Gasteiger partial charge in [0.15, 0.2) is 0 Å². The Labute approximate surface area is 136 Å². The van der Waals surface area contributed by atoms with E-state index in [0.29, 0.717) is 13.1 Å². The highest BCUT2D eigenvalue weighted by Gasteiger charge is 2.45. The van der Waals surface area contributed by atoms with Gasteiger partial charge in [-0.25, -0.2) is 0 Å². The zero-order valence-corrected chi connectivity index (χ0v) is 13.1. The quantitative estimate of drug-likeness (QED) is 0.850. The van der Waals surface area contributed by atoms with Crippen molar-refractivity contribution in [2.24, 2.45) is 5.92 Å². The normalized spacial score (nSPS) is 25.7. The van der Waals surface area contributed by atoms with Crippen LogP contribution < -0.4 is 0 Å². The number of hydrogen-bond donors (Lipinski definition) is 0. The van der Waals surface area contributed by atoms with Crippen LogP contribution in [-0.2, 0) is 22.6 Å². The SMILES string of the molecule is O=C([C@H]1C[C@H]2CC[C@H]1O2)N(Cc1ccccc1)Cc1ccco1. The highest BCUT2D eigenvalue weighted by Crippen LogP contribution is 2.40. The fourth-order valence-corrected chi connectivity index (χ4v) is 3.74. The van der Waals surface area contributed by atoms with Gasteiger partial charge >= 0.3 is 0 Å². The van der Waals surface area contributed by atoms with E-state index in [2.05, 4.69) is 12.1 Å². The van der Waals surface area contributed by atoms with Gasteiger partial charge in [-0.2, -0.15) is 0 Å². The largest absolute Gasteiger partial charge is 0.467 e. The van der Waals surface area contributed by atoms with Gasteiger partial charge in [-0.3, -0.25) is 4.79 Å². The minimum Gasteiger partial charge on any atom is -0.467 e. The first-order valence-corrected chi connectivity index (χ1v) is 8.30. The van der Waals surface area contributed by atoms with Crippen molar-refractivity contribution >= 4 is 5.91 Å². The molecular weight excluding hydrogens is 290 g/mol. The molecule has 4 rings (SSSR count). The molecule has 0 spiro atoms. The third-order valence-corrected chi connectivity index (χ3v) is 4.88. The van der Waals surface area contributed by atoms with E-state index in [1.165, 1.54) is 0 Å². The molecule has 4 nitrogen and oxygen atoms in total. The maximum absolute atomic E-state index is 13.1. The summed E-state index contributed by atoms with van der Waals surface area (Å²) in [5.41, 5.74) is 1.14. The zero-order valence-electron chi connectivity index (χ0n) is 13.1. The van der Waals surface area contributed by atoms with Gasteiger partial charge in [0.05, 0.1) is 30.9 Å². The smallest absolute Gasteiger partial charge is 0.229 e. The Morgan fingerprint density at radius 2 is 1.96 bits per heavy atom. The molecule has 120 valence electrons. The lowest BCUT2D eigenvalue weighted by molar-refractivity contribution is -0.138. The number of benzene rings is 1. The van der Waals surface area contributed by atoms with E-state index in [1.54, 1.807) is 6.26 Å². The lowest BCUT2D eigenvalue weighted by Crippen LogP contribution is -2.39. The van der Waals surface area contributed by atoms with Gasteiger partial charge < -0.3 is 14.1 Å². The van der Waals surface area contributed by atoms with Crippen LogP contribution in [-0.4, -0.2) is 23.0 Å². The Balaban J connectivity index is 1.53. The van der Waals surface area contributed by atoms with Crippen LogP contribution in [0.1, 0.15) is 30.6 Å². The summed E-state index contributed by atoms with van der Waals surface area (Å²) in [5.74, 6) is 1.02. The first kappa shape index (κ1) is 14.5. The Kier molecular flexibility index (Phi) is 3.92. The molecule has 2 aliphatic heterocycles. The number of amides is 1. The summed E-state index contributed by atoms with van der Waals surface area (Å²) in [5, 5.41) is 0. The van der Waals surface area contributed by atoms with Crippen LogP contribution in [0, 0.1) is 5.92 Å². The number of carbonyl (C=O) groups excluding carboxylic acids is 1. The van der Waals surface area contributed by atoms with E-state index in [-0.39, 0.29) is 24.0 Å². The molecule has 1 aromatic carbocycles. The Morgan fingerprint density at radius 3 is 2.61 bits per heavy atom. The van der Waals surface area contributed by atoms with Gasteiger partial charge in [-0.1, -0.05) is 30.3 Å². The van der Waals surface area contributed by atoms with Crippen LogP contribution in [0.5, 0.6) is 0 Å². The molecule has 2 aromatic rings. The lowest BCUT2D eigenvalue weighted by atomic mass is 9.88. The van der Waals surface area contributed by atoms with Crippen molar-refractivity contribution in [2.75, 3.05) is 0 Å². The van der Waals surface area contributed by atoms with Gasteiger partial charge in [0.1, 0.15) is 5.76 Å². The maximum atomic E-state index is 13.1. The van der Waals surface area contributed by atoms with Gasteiger partial charge in [-0.15, -0.1) is 0 Å². The third kappa shape index (κ3) is 3.04. The molecule has 0 saturated carbocycles. The zero-order chi connectivity index (χ0) is 15.6. The van der Waals surface area contributed by atoms with Gasteiger partial charge in [0.2, 0.25) is 5.91 Å². The number of furan rings is 1. The van der Waals surface area contributed by atoms with Crippen LogP contribution >= 0.6 is 0 Å². The standard InChI is InChI=1S/C19H21NO3/c21-19(17-11-15-8-9-18(17)23-15)20(13-16-7-4-10-22-16)12-14-5-2-1-3-6-14/h1-7,10,15,17-18H,8-9,11-13H2/t15-,17+,18-/m1/s1. The average Bonchev–Trinajstić information content (AvgIpc) is 3.32. The molecule has 23 heavy (non-hydrogen) atoms. The molecule has 0 radical (unpaired) electrons. The molecule has 2 saturated heterocycles. The molecule has 2 fully saturated rings. The number of fused-ring (bicyclic) bond motifs is 2. The summed E-state index contributed by atoms with van der Waals surface area (Å²) in [7, 11) is 0. The van der Waals surface area contributed by atoms with E-state index >= 15 is 0 Å². The monoisotopic (exact) mass is 311 g/mol. The fraction of sp³-hybridized carbons (Fsp3) is 0.421. The molecular formula is C19H21NO3. The van der Waals surface area contributed by atoms with E-state index in [9.17, 15) is 4.79 Å². The van der Waals surface area contributed by atoms with Crippen LogP contribution in [0.15, 0.2) is 53.1 Å². The lowest BCUT2D eigenvalue weighted by Gasteiger charge is -2.27. The molecule has 3 heterocycles. The van der Waals surface area contributed by atoms with Crippen LogP contribution in [0.3, 0.4) is 0 Å². The Hall–Kier alpha value is -2.07. The number of ether oxygens (including phenoxy) is 1. The molecule has 2 aliphatic rings. The Bertz CT molecular complexity index is 653. The van der Waals surface area contributed by atoms with E-state index in [4.69, 9.17) is 9.15 Å². The van der Waals surface area contributed by atoms with E-state index in [0.717, 1.165) is 30.6 Å². The fourth-order valence-electron chi connectivity index (χ4n) is 3.74. The van der Waals surface area contributed by atoms with Crippen molar-refractivity contribution in [3.8, 4) is 0 Å². The summed E-state index contributed by atoms with van der Waals surface area (Å²) in [6, 6.07) is 13.9. The van der Waals surface area contributed by atoms with Crippen molar-refractivity contribution in [1.82, 2.24) is 4.90 Å². The minimum absolute atomic E-state index is 0.00687. The van der Waals surface area contributed by atoms with Crippen LogP contribution in [0.2, 0.25) is 0 Å². The van der Waals surface area contributed by atoms with Gasteiger partial charge in [-0.05, 0) is 37.0 Å². The van der Waals surface area contributed by atoms with Crippen LogP contribution in [0.25, 0.3) is 0 Å². The second kappa shape index (κ2) is 6.20. The predicted molar refractivity (Wildman–Crippen MR) is 85.4 cm³/mol. The molecule has 1 amide bonds. The number of rotatable bonds is 5. The summed E-state index contributed by atoms with van der Waals surface area (Å²) in [6.45, 7) is 1.11. The molecule has 0 unspecified atom stereocenters. The summed E-state index contributed by atoms with van der Waals surface area (Å²) in [4.78, 5) is 15.0. The molecule has 2 bridgehead atoms. The minimum atomic E-state index is 0.00687. The van der Waals surface area contributed by atoms with Crippen molar-refractivity contribution < 1.29 is 13.9 Å². The number of carbonyl (C=O) groups is 1. The van der Waals surface area contributed by atoms with E-state index < -0.39 is 0 Å². The van der Waals surface area contributed by atoms with Gasteiger partial charge in [0, 0.05) is 6.54 Å².